The molecule has 0 aliphatic rings. The van der Waals surface area contributed by atoms with Gasteiger partial charge >= 0.3 is 0 Å². The Kier molecular flexibility index (Phi) is 6.85. The summed E-state index contributed by atoms with van der Waals surface area (Å²) in [6.07, 6.45) is 3.74. The standard InChI is InChI=1S/C28H26N6O3/c1-18(14-20-9-5-4-6-10-20)25-32-33-27(37-25)24-16-21(15-23(31-24)26-29-12-13-36-26)28(35)34(3)17-22-11-7-8-19(2)30-22/h4-13,15-16,18H,14,17H2,1-3H3. The number of benzene rings is 1. The summed E-state index contributed by atoms with van der Waals surface area (Å²) < 4.78 is 11.5. The number of pyridine rings is 2. The summed E-state index contributed by atoms with van der Waals surface area (Å²) in [5, 5.41) is 8.48. The molecule has 0 radical (unpaired) electrons. The SMILES string of the molecule is Cc1cccc(CN(C)C(=O)c2cc(-c3ncco3)nc(-c3nnc(C(C)Cc4ccccc4)o3)c2)n1. The fraction of sp³-hybridized carbons (Fsp3) is 0.214. The Bertz CT molecular complexity index is 1500. The second kappa shape index (κ2) is 10.5. The quantitative estimate of drug-likeness (QED) is 0.293. The van der Waals surface area contributed by atoms with Crippen molar-refractivity contribution in [2.24, 2.45) is 0 Å². The van der Waals surface area contributed by atoms with E-state index in [0.717, 1.165) is 17.8 Å². The number of carbonyl (C=O) groups excluding carboxylic acids is 1. The van der Waals surface area contributed by atoms with Crippen LogP contribution in [0.1, 0.15) is 46.0 Å². The predicted molar refractivity (Wildman–Crippen MR) is 136 cm³/mol. The molecule has 186 valence electrons. The number of aryl methyl sites for hydroxylation is 1. The first-order valence-corrected chi connectivity index (χ1v) is 11.9. The molecule has 9 nitrogen and oxygen atoms in total. The fourth-order valence-electron chi connectivity index (χ4n) is 4.04. The number of hydrogen-bond acceptors (Lipinski definition) is 8. The average Bonchev–Trinajstić information content (AvgIpc) is 3.62. The van der Waals surface area contributed by atoms with Gasteiger partial charge in [-0.1, -0.05) is 43.3 Å². The Hall–Kier alpha value is -4.66. The molecule has 0 N–H and O–H groups in total. The van der Waals surface area contributed by atoms with Crippen LogP contribution in [0, 0.1) is 6.92 Å². The highest BCUT2D eigenvalue weighted by atomic mass is 16.4. The predicted octanol–water partition coefficient (Wildman–Crippen LogP) is 5.11. The Labute approximate surface area is 214 Å². The van der Waals surface area contributed by atoms with Gasteiger partial charge in [-0.15, -0.1) is 10.2 Å². The second-order valence-electron chi connectivity index (χ2n) is 8.93. The molecule has 0 saturated heterocycles. The van der Waals surface area contributed by atoms with Crippen LogP contribution in [0.2, 0.25) is 0 Å². The molecule has 0 saturated carbocycles. The lowest BCUT2D eigenvalue weighted by molar-refractivity contribution is 0.0783. The van der Waals surface area contributed by atoms with E-state index in [1.807, 2.05) is 50.2 Å². The summed E-state index contributed by atoms with van der Waals surface area (Å²) in [6, 6.07) is 19.2. The van der Waals surface area contributed by atoms with Crippen LogP contribution >= 0.6 is 0 Å². The van der Waals surface area contributed by atoms with Crippen LogP contribution in [0.3, 0.4) is 0 Å². The minimum absolute atomic E-state index is 0.00707. The summed E-state index contributed by atoms with van der Waals surface area (Å²) >= 11 is 0. The maximum absolute atomic E-state index is 13.4. The van der Waals surface area contributed by atoms with E-state index in [-0.39, 0.29) is 23.6 Å². The number of rotatable bonds is 8. The summed E-state index contributed by atoms with van der Waals surface area (Å²) in [5.74, 6) is 0.804. The lowest BCUT2D eigenvalue weighted by atomic mass is 10.0. The summed E-state index contributed by atoms with van der Waals surface area (Å²) in [6.45, 7) is 4.31. The van der Waals surface area contributed by atoms with Gasteiger partial charge in [0, 0.05) is 24.2 Å². The van der Waals surface area contributed by atoms with E-state index in [9.17, 15) is 4.79 Å². The van der Waals surface area contributed by atoms with Gasteiger partial charge in [0.1, 0.15) is 17.7 Å². The molecule has 0 fully saturated rings. The van der Waals surface area contributed by atoms with E-state index in [1.165, 1.54) is 18.0 Å². The molecule has 9 heteroatoms. The number of oxazole rings is 1. The first-order chi connectivity index (χ1) is 18.0. The number of carbonyl (C=O) groups is 1. The third-order valence-electron chi connectivity index (χ3n) is 5.88. The van der Waals surface area contributed by atoms with Gasteiger partial charge in [-0.2, -0.15) is 0 Å². The van der Waals surface area contributed by atoms with Gasteiger partial charge in [-0.3, -0.25) is 9.78 Å². The monoisotopic (exact) mass is 494 g/mol. The van der Waals surface area contributed by atoms with Gasteiger partial charge in [0.2, 0.25) is 11.8 Å². The van der Waals surface area contributed by atoms with Gasteiger partial charge < -0.3 is 13.7 Å². The van der Waals surface area contributed by atoms with Crippen LogP contribution in [-0.2, 0) is 13.0 Å². The molecule has 4 aromatic heterocycles. The van der Waals surface area contributed by atoms with E-state index >= 15 is 0 Å². The topological polar surface area (TPSA) is 111 Å². The number of amides is 1. The van der Waals surface area contributed by atoms with E-state index in [1.54, 1.807) is 24.1 Å². The minimum Gasteiger partial charge on any atom is -0.443 e. The summed E-state index contributed by atoms with van der Waals surface area (Å²) in [5.41, 5.74) is 4.02. The van der Waals surface area contributed by atoms with Crippen molar-refractivity contribution in [2.45, 2.75) is 32.7 Å². The molecule has 0 bridgehead atoms. The van der Waals surface area contributed by atoms with Crippen LogP contribution in [0.25, 0.3) is 23.2 Å². The average molecular weight is 495 g/mol. The van der Waals surface area contributed by atoms with Crippen LogP contribution < -0.4 is 0 Å². The summed E-state index contributed by atoms with van der Waals surface area (Å²) in [7, 11) is 1.73. The van der Waals surface area contributed by atoms with Crippen molar-refractivity contribution in [1.82, 2.24) is 30.0 Å². The molecule has 0 aliphatic carbocycles. The van der Waals surface area contributed by atoms with Crippen LogP contribution in [0.15, 0.2) is 82.0 Å². The zero-order valence-electron chi connectivity index (χ0n) is 20.8. The van der Waals surface area contributed by atoms with E-state index in [2.05, 4.69) is 37.3 Å². The smallest absolute Gasteiger partial charge is 0.266 e. The third kappa shape index (κ3) is 5.61. The van der Waals surface area contributed by atoms with Crippen molar-refractivity contribution >= 4 is 5.91 Å². The van der Waals surface area contributed by atoms with Gasteiger partial charge in [-0.25, -0.2) is 9.97 Å². The van der Waals surface area contributed by atoms with Crippen molar-refractivity contribution in [2.75, 3.05) is 7.05 Å². The lowest BCUT2D eigenvalue weighted by Gasteiger charge is -2.17. The maximum atomic E-state index is 13.4. The highest BCUT2D eigenvalue weighted by Crippen LogP contribution is 2.27. The molecule has 1 atom stereocenters. The third-order valence-corrected chi connectivity index (χ3v) is 5.88. The molecule has 5 aromatic rings. The zero-order valence-corrected chi connectivity index (χ0v) is 20.8. The first-order valence-electron chi connectivity index (χ1n) is 11.9. The molecule has 0 spiro atoms. The highest BCUT2D eigenvalue weighted by molar-refractivity contribution is 5.95. The van der Waals surface area contributed by atoms with Gasteiger partial charge in [0.05, 0.1) is 18.4 Å². The molecule has 1 aromatic carbocycles. The number of hydrogen-bond donors (Lipinski definition) is 0. The van der Waals surface area contributed by atoms with Crippen molar-refractivity contribution in [1.29, 1.82) is 0 Å². The molecular formula is C28H26N6O3. The van der Waals surface area contributed by atoms with E-state index < -0.39 is 0 Å². The van der Waals surface area contributed by atoms with Crippen molar-refractivity contribution in [3.05, 3.63) is 102 Å². The Morgan fingerprint density at radius 1 is 0.973 bits per heavy atom. The molecule has 1 unspecified atom stereocenters. The highest BCUT2D eigenvalue weighted by Gasteiger charge is 2.21. The molecule has 37 heavy (non-hydrogen) atoms. The lowest BCUT2D eigenvalue weighted by Crippen LogP contribution is -2.27. The van der Waals surface area contributed by atoms with E-state index in [0.29, 0.717) is 29.4 Å². The first kappa shape index (κ1) is 24.1. The number of aromatic nitrogens is 5. The normalized spacial score (nSPS) is 11.9. The van der Waals surface area contributed by atoms with Crippen molar-refractivity contribution in [3.8, 4) is 23.2 Å². The molecule has 0 aliphatic heterocycles. The van der Waals surface area contributed by atoms with Crippen LogP contribution in [0.5, 0.6) is 0 Å². The van der Waals surface area contributed by atoms with Crippen LogP contribution in [0.4, 0.5) is 0 Å². The Morgan fingerprint density at radius 2 is 1.76 bits per heavy atom. The molecule has 4 heterocycles. The largest absolute Gasteiger partial charge is 0.443 e. The van der Waals surface area contributed by atoms with Crippen molar-refractivity contribution in [3.63, 3.8) is 0 Å². The minimum atomic E-state index is -0.211. The Balaban J connectivity index is 1.44. The molecule has 5 rings (SSSR count). The number of nitrogens with zero attached hydrogens (tertiary/aromatic N) is 6. The summed E-state index contributed by atoms with van der Waals surface area (Å²) in [4.78, 5) is 28.3. The van der Waals surface area contributed by atoms with Gasteiger partial charge in [0.25, 0.3) is 11.8 Å². The molecular weight excluding hydrogens is 468 g/mol. The fourth-order valence-corrected chi connectivity index (χ4v) is 4.04. The second-order valence-corrected chi connectivity index (χ2v) is 8.93. The Morgan fingerprint density at radius 3 is 2.49 bits per heavy atom. The van der Waals surface area contributed by atoms with Gasteiger partial charge in [0.15, 0.2) is 0 Å². The zero-order chi connectivity index (χ0) is 25.8. The maximum Gasteiger partial charge on any atom is 0.266 e. The van der Waals surface area contributed by atoms with Crippen molar-refractivity contribution < 1.29 is 13.6 Å². The van der Waals surface area contributed by atoms with Crippen LogP contribution in [-0.4, -0.2) is 43.0 Å². The molecule has 1 amide bonds. The van der Waals surface area contributed by atoms with Gasteiger partial charge in [-0.05, 0) is 43.2 Å². The van der Waals surface area contributed by atoms with E-state index in [4.69, 9.17) is 8.83 Å².